The third-order valence-electron chi connectivity index (χ3n) is 2.61. The Balaban J connectivity index is 2.40. The zero-order chi connectivity index (χ0) is 7.90. The molecule has 2 aliphatic rings. The largest absolute Gasteiger partial charge is 0.228 e. The fourth-order valence-corrected chi connectivity index (χ4v) is 3.96. The van der Waals surface area contributed by atoms with Crippen LogP contribution >= 0.6 is 0 Å². The van der Waals surface area contributed by atoms with Crippen molar-refractivity contribution in [1.29, 1.82) is 0 Å². The molecule has 0 aromatic carbocycles. The lowest BCUT2D eigenvalue weighted by atomic mass is 10.1. The first-order chi connectivity index (χ1) is 5.21. The Morgan fingerprint density at radius 1 is 1.00 bits per heavy atom. The summed E-state index contributed by atoms with van der Waals surface area (Å²) in [6.07, 6.45) is 7.58. The minimum Gasteiger partial charge on any atom is -0.228 e. The van der Waals surface area contributed by atoms with Gasteiger partial charge in [0.1, 0.15) is 0 Å². The van der Waals surface area contributed by atoms with Crippen LogP contribution in [0.1, 0.15) is 25.7 Å². The molecule has 2 heterocycles. The smallest absolute Gasteiger partial charge is 0.163 e. The van der Waals surface area contributed by atoms with Crippen LogP contribution in [0, 0.1) is 0 Å². The average molecular weight is 172 g/mol. The highest BCUT2D eigenvalue weighted by Crippen LogP contribution is 2.31. The van der Waals surface area contributed by atoms with Crippen molar-refractivity contribution < 1.29 is 8.42 Å². The standard InChI is InChI=1S/C8H12O2S/c9-11(10)7-3-1-2-4-8(11)6-5-7/h5-8H,1-4H2. The van der Waals surface area contributed by atoms with E-state index < -0.39 is 9.84 Å². The van der Waals surface area contributed by atoms with E-state index in [9.17, 15) is 8.42 Å². The second-order valence-corrected chi connectivity index (χ2v) is 5.72. The molecule has 0 amide bonds. The summed E-state index contributed by atoms with van der Waals surface area (Å²) < 4.78 is 23.1. The molecule has 1 fully saturated rings. The third-order valence-corrected chi connectivity index (χ3v) is 5.09. The van der Waals surface area contributed by atoms with Gasteiger partial charge in [0.25, 0.3) is 0 Å². The van der Waals surface area contributed by atoms with Crippen molar-refractivity contribution in [3.8, 4) is 0 Å². The molecule has 11 heavy (non-hydrogen) atoms. The Kier molecular flexibility index (Phi) is 1.56. The average Bonchev–Trinajstić information content (AvgIpc) is 2.00. The Morgan fingerprint density at radius 2 is 1.45 bits per heavy atom. The molecule has 2 nitrogen and oxygen atoms in total. The Morgan fingerprint density at radius 3 is 1.91 bits per heavy atom. The molecule has 3 heteroatoms. The molecule has 62 valence electrons. The Bertz CT molecular complexity index is 254. The van der Waals surface area contributed by atoms with Crippen molar-refractivity contribution >= 4 is 9.84 Å². The van der Waals surface area contributed by atoms with E-state index in [0.717, 1.165) is 25.7 Å². The van der Waals surface area contributed by atoms with Gasteiger partial charge in [-0.05, 0) is 12.8 Å². The van der Waals surface area contributed by atoms with Gasteiger partial charge in [-0.3, -0.25) is 0 Å². The molecule has 2 atom stereocenters. The Hall–Kier alpha value is -0.310. The first-order valence-electron chi connectivity index (χ1n) is 4.12. The van der Waals surface area contributed by atoms with E-state index in [1.54, 1.807) is 0 Å². The summed E-state index contributed by atoms with van der Waals surface area (Å²) in [5.41, 5.74) is 0. The second-order valence-electron chi connectivity index (χ2n) is 3.34. The molecule has 2 aliphatic heterocycles. The van der Waals surface area contributed by atoms with E-state index in [0.29, 0.717) is 0 Å². The van der Waals surface area contributed by atoms with Gasteiger partial charge in [0.05, 0.1) is 10.5 Å². The number of rotatable bonds is 0. The molecule has 0 N–H and O–H groups in total. The summed E-state index contributed by atoms with van der Waals surface area (Å²) in [6.45, 7) is 0. The molecule has 0 aromatic heterocycles. The van der Waals surface area contributed by atoms with E-state index in [4.69, 9.17) is 0 Å². The number of hydrogen-bond donors (Lipinski definition) is 0. The predicted octanol–water partition coefficient (Wildman–Crippen LogP) is 1.28. The van der Waals surface area contributed by atoms with Gasteiger partial charge >= 0.3 is 0 Å². The molecule has 0 aliphatic carbocycles. The minimum absolute atomic E-state index is 0.144. The maximum absolute atomic E-state index is 11.5. The highest BCUT2D eigenvalue weighted by molar-refractivity contribution is 7.93. The van der Waals surface area contributed by atoms with E-state index in [-0.39, 0.29) is 10.5 Å². The van der Waals surface area contributed by atoms with Crippen LogP contribution in [-0.4, -0.2) is 18.9 Å². The van der Waals surface area contributed by atoms with Gasteiger partial charge in [0.2, 0.25) is 0 Å². The normalized spacial score (nSPS) is 40.4. The van der Waals surface area contributed by atoms with Crippen molar-refractivity contribution in [3.63, 3.8) is 0 Å². The SMILES string of the molecule is O=S1(=O)C2C=CC1CCCC2. The summed E-state index contributed by atoms with van der Waals surface area (Å²) in [6, 6.07) is 0. The van der Waals surface area contributed by atoms with E-state index in [2.05, 4.69) is 0 Å². The van der Waals surface area contributed by atoms with Crippen molar-refractivity contribution in [2.45, 2.75) is 36.2 Å². The van der Waals surface area contributed by atoms with Gasteiger partial charge in [-0.1, -0.05) is 25.0 Å². The zero-order valence-electron chi connectivity index (χ0n) is 6.36. The molecule has 0 spiro atoms. The van der Waals surface area contributed by atoms with E-state index in [1.165, 1.54) is 0 Å². The first-order valence-corrected chi connectivity index (χ1v) is 5.73. The van der Waals surface area contributed by atoms with Crippen molar-refractivity contribution in [2.75, 3.05) is 0 Å². The molecule has 2 bridgehead atoms. The molecule has 2 rings (SSSR count). The quantitative estimate of drug-likeness (QED) is 0.516. The molecule has 0 aromatic rings. The minimum atomic E-state index is -2.78. The molecule has 2 unspecified atom stereocenters. The maximum Gasteiger partial charge on any atom is 0.163 e. The monoisotopic (exact) mass is 172 g/mol. The zero-order valence-corrected chi connectivity index (χ0v) is 7.18. The summed E-state index contributed by atoms with van der Waals surface area (Å²) in [4.78, 5) is 0. The van der Waals surface area contributed by atoms with Crippen LogP contribution in [0.25, 0.3) is 0 Å². The van der Waals surface area contributed by atoms with E-state index >= 15 is 0 Å². The van der Waals surface area contributed by atoms with Crippen LogP contribution in [-0.2, 0) is 9.84 Å². The van der Waals surface area contributed by atoms with Crippen LogP contribution in [0.4, 0.5) is 0 Å². The van der Waals surface area contributed by atoms with Gasteiger partial charge in [0, 0.05) is 0 Å². The van der Waals surface area contributed by atoms with Crippen LogP contribution in [0.3, 0.4) is 0 Å². The van der Waals surface area contributed by atoms with Crippen molar-refractivity contribution in [3.05, 3.63) is 12.2 Å². The summed E-state index contributed by atoms with van der Waals surface area (Å²) >= 11 is 0. The molecular formula is C8H12O2S. The highest BCUT2D eigenvalue weighted by atomic mass is 32.2. The maximum atomic E-state index is 11.5. The lowest BCUT2D eigenvalue weighted by molar-refractivity contribution is 0.585. The van der Waals surface area contributed by atoms with Gasteiger partial charge in [0.15, 0.2) is 9.84 Å². The van der Waals surface area contributed by atoms with Crippen molar-refractivity contribution in [1.82, 2.24) is 0 Å². The fraction of sp³-hybridized carbons (Fsp3) is 0.750. The van der Waals surface area contributed by atoms with Gasteiger partial charge in [-0.2, -0.15) is 0 Å². The van der Waals surface area contributed by atoms with Gasteiger partial charge in [-0.25, -0.2) is 8.42 Å². The van der Waals surface area contributed by atoms with Crippen molar-refractivity contribution in [2.24, 2.45) is 0 Å². The van der Waals surface area contributed by atoms with Gasteiger partial charge in [-0.15, -0.1) is 0 Å². The lowest BCUT2D eigenvalue weighted by Gasteiger charge is -2.06. The molecular weight excluding hydrogens is 160 g/mol. The highest BCUT2D eigenvalue weighted by Gasteiger charge is 2.37. The molecule has 1 saturated heterocycles. The number of hydrogen-bond acceptors (Lipinski definition) is 2. The number of sulfone groups is 1. The summed E-state index contributed by atoms with van der Waals surface area (Å²) in [5, 5.41) is -0.287. The predicted molar refractivity (Wildman–Crippen MR) is 44.1 cm³/mol. The number of fused-ring (bicyclic) bond motifs is 2. The first kappa shape index (κ1) is 7.35. The second kappa shape index (κ2) is 2.34. The van der Waals surface area contributed by atoms with Crippen LogP contribution in [0.15, 0.2) is 12.2 Å². The van der Waals surface area contributed by atoms with Crippen LogP contribution in [0.5, 0.6) is 0 Å². The Labute approximate surface area is 67.2 Å². The summed E-state index contributed by atoms with van der Waals surface area (Å²) in [7, 11) is -2.78. The molecule has 0 radical (unpaired) electrons. The van der Waals surface area contributed by atoms with Crippen LogP contribution < -0.4 is 0 Å². The molecule has 0 saturated carbocycles. The van der Waals surface area contributed by atoms with E-state index in [1.807, 2.05) is 12.2 Å². The lowest BCUT2D eigenvalue weighted by Crippen LogP contribution is -2.21. The fourth-order valence-electron chi connectivity index (χ4n) is 1.90. The summed E-state index contributed by atoms with van der Waals surface area (Å²) in [5.74, 6) is 0. The van der Waals surface area contributed by atoms with Gasteiger partial charge < -0.3 is 0 Å². The third kappa shape index (κ3) is 1.02. The van der Waals surface area contributed by atoms with Crippen LogP contribution in [0.2, 0.25) is 0 Å². The topological polar surface area (TPSA) is 34.1 Å².